The first-order valence-corrected chi connectivity index (χ1v) is 8.32. The largest absolute Gasteiger partial charge is 0.342 e. The predicted molar refractivity (Wildman–Crippen MR) is 93.3 cm³/mol. The van der Waals surface area contributed by atoms with Gasteiger partial charge in [0.05, 0.1) is 5.92 Å². The number of nitrogens with zero attached hydrogens (tertiary/aromatic N) is 1. The van der Waals surface area contributed by atoms with Crippen LogP contribution in [0.5, 0.6) is 0 Å². The van der Waals surface area contributed by atoms with Crippen molar-refractivity contribution < 1.29 is 9.59 Å². The Balaban J connectivity index is 0.00000192. The number of hydrogen-bond donors (Lipinski definition) is 1. The van der Waals surface area contributed by atoms with Gasteiger partial charge in [0.1, 0.15) is 0 Å². The van der Waals surface area contributed by atoms with E-state index < -0.39 is 0 Å². The molecule has 1 amide bonds. The number of ketones is 1. The number of hydrogen-bond acceptors (Lipinski definition) is 3. The molecule has 2 heterocycles. The summed E-state index contributed by atoms with van der Waals surface area (Å²) >= 11 is 5.86. The molecule has 6 heteroatoms. The Bertz CT molecular complexity index is 548. The van der Waals surface area contributed by atoms with Crippen LogP contribution >= 0.6 is 24.0 Å². The van der Waals surface area contributed by atoms with Crippen molar-refractivity contribution in [1.29, 1.82) is 0 Å². The highest BCUT2D eigenvalue weighted by Gasteiger charge is 2.32. The number of carbonyl (C=O) groups excluding carboxylic acids is 2. The van der Waals surface area contributed by atoms with Crippen LogP contribution in [0.1, 0.15) is 29.6 Å². The molecule has 0 bridgehead atoms. The fourth-order valence-corrected chi connectivity index (χ4v) is 3.46. The van der Waals surface area contributed by atoms with Crippen molar-refractivity contribution in [3.63, 3.8) is 0 Å². The molecular formula is C17H22Cl2N2O2. The van der Waals surface area contributed by atoms with Crippen molar-refractivity contribution in [3.05, 3.63) is 34.9 Å². The first kappa shape index (κ1) is 18.2. The number of likely N-dealkylation sites (tertiary alicyclic amines) is 1. The number of halogens is 2. The van der Waals surface area contributed by atoms with Gasteiger partial charge in [-0.25, -0.2) is 0 Å². The lowest BCUT2D eigenvalue weighted by Crippen LogP contribution is -2.43. The monoisotopic (exact) mass is 356 g/mol. The standard InChI is InChI=1S/C17H21ClN2O2.ClH/c18-15-3-1-12(2-4-15)16(21)13-6-9-20(10-7-13)17(22)14-5-8-19-11-14;/h1-4,13-14,19H,5-11H2;1H. The van der Waals surface area contributed by atoms with Crippen molar-refractivity contribution in [2.45, 2.75) is 19.3 Å². The summed E-state index contributed by atoms with van der Waals surface area (Å²) in [5.74, 6) is 0.573. The van der Waals surface area contributed by atoms with E-state index in [4.69, 9.17) is 11.6 Å². The van der Waals surface area contributed by atoms with Crippen LogP contribution in [-0.4, -0.2) is 42.8 Å². The van der Waals surface area contributed by atoms with Crippen LogP contribution in [0.15, 0.2) is 24.3 Å². The van der Waals surface area contributed by atoms with Crippen LogP contribution < -0.4 is 5.32 Å². The van der Waals surface area contributed by atoms with E-state index in [9.17, 15) is 9.59 Å². The predicted octanol–water partition coefficient (Wildman–Crippen LogP) is 2.79. The molecule has 0 aliphatic carbocycles. The highest BCUT2D eigenvalue weighted by Crippen LogP contribution is 2.24. The molecule has 0 spiro atoms. The lowest BCUT2D eigenvalue weighted by Gasteiger charge is -2.33. The van der Waals surface area contributed by atoms with Crippen LogP contribution in [0.4, 0.5) is 0 Å². The van der Waals surface area contributed by atoms with E-state index in [0.717, 1.165) is 32.4 Å². The van der Waals surface area contributed by atoms with E-state index in [0.29, 0.717) is 23.7 Å². The molecule has 0 saturated carbocycles. The van der Waals surface area contributed by atoms with E-state index >= 15 is 0 Å². The van der Waals surface area contributed by atoms with E-state index in [2.05, 4.69) is 5.32 Å². The number of Topliss-reactive ketones (excluding diaryl/α,β-unsaturated/α-hetero) is 1. The molecule has 3 rings (SSSR count). The Kier molecular flexibility index (Phi) is 6.45. The maximum atomic E-state index is 12.5. The van der Waals surface area contributed by atoms with Crippen molar-refractivity contribution >= 4 is 35.7 Å². The quantitative estimate of drug-likeness (QED) is 0.847. The second kappa shape index (κ2) is 8.13. The Morgan fingerprint density at radius 1 is 1.04 bits per heavy atom. The first-order valence-electron chi connectivity index (χ1n) is 7.94. The van der Waals surface area contributed by atoms with E-state index in [1.54, 1.807) is 24.3 Å². The first-order chi connectivity index (χ1) is 10.6. The molecule has 2 aliphatic heterocycles. The topological polar surface area (TPSA) is 49.4 Å². The Morgan fingerprint density at radius 2 is 1.70 bits per heavy atom. The molecule has 2 aliphatic rings. The maximum Gasteiger partial charge on any atom is 0.227 e. The van der Waals surface area contributed by atoms with Crippen molar-refractivity contribution in [1.82, 2.24) is 10.2 Å². The summed E-state index contributed by atoms with van der Waals surface area (Å²) in [5.41, 5.74) is 0.717. The molecular weight excluding hydrogens is 335 g/mol. The summed E-state index contributed by atoms with van der Waals surface area (Å²) < 4.78 is 0. The van der Waals surface area contributed by atoms with Crippen molar-refractivity contribution in [2.75, 3.05) is 26.2 Å². The third kappa shape index (κ3) is 4.25. The summed E-state index contributed by atoms with van der Waals surface area (Å²) in [7, 11) is 0. The van der Waals surface area contributed by atoms with E-state index in [1.165, 1.54) is 0 Å². The summed E-state index contributed by atoms with van der Waals surface area (Å²) in [5, 5.41) is 3.87. The smallest absolute Gasteiger partial charge is 0.227 e. The van der Waals surface area contributed by atoms with E-state index in [1.807, 2.05) is 4.90 Å². The number of amides is 1. The number of nitrogens with one attached hydrogen (secondary N) is 1. The minimum Gasteiger partial charge on any atom is -0.342 e. The SMILES string of the molecule is Cl.O=C(c1ccc(Cl)cc1)C1CCN(C(=O)C2CCNC2)CC1. The Hall–Kier alpha value is -1.10. The fraction of sp³-hybridized carbons (Fsp3) is 0.529. The van der Waals surface area contributed by atoms with E-state index in [-0.39, 0.29) is 35.9 Å². The zero-order chi connectivity index (χ0) is 15.5. The molecule has 4 nitrogen and oxygen atoms in total. The molecule has 1 unspecified atom stereocenters. The van der Waals surface area contributed by atoms with Crippen LogP contribution in [0, 0.1) is 11.8 Å². The van der Waals surface area contributed by atoms with Crippen LogP contribution in [0.2, 0.25) is 5.02 Å². The Labute approximate surface area is 148 Å². The lowest BCUT2D eigenvalue weighted by atomic mass is 9.88. The van der Waals surface area contributed by atoms with Gasteiger partial charge in [0.15, 0.2) is 5.78 Å². The van der Waals surface area contributed by atoms with Gasteiger partial charge in [0, 0.05) is 36.1 Å². The normalized spacial score (nSPS) is 21.8. The molecule has 1 aromatic rings. The molecule has 1 aromatic carbocycles. The number of benzene rings is 1. The average Bonchev–Trinajstić information content (AvgIpc) is 3.09. The summed E-state index contributed by atoms with van der Waals surface area (Å²) in [4.78, 5) is 26.8. The summed E-state index contributed by atoms with van der Waals surface area (Å²) in [6, 6.07) is 7.07. The fourth-order valence-electron chi connectivity index (χ4n) is 3.34. The van der Waals surface area contributed by atoms with Crippen molar-refractivity contribution in [3.8, 4) is 0 Å². The molecule has 0 aromatic heterocycles. The highest BCUT2D eigenvalue weighted by molar-refractivity contribution is 6.30. The van der Waals surface area contributed by atoms with Gasteiger partial charge in [0.25, 0.3) is 0 Å². The molecule has 2 saturated heterocycles. The second-order valence-electron chi connectivity index (χ2n) is 6.16. The molecule has 23 heavy (non-hydrogen) atoms. The number of piperidine rings is 1. The molecule has 126 valence electrons. The number of carbonyl (C=O) groups is 2. The lowest BCUT2D eigenvalue weighted by molar-refractivity contribution is -0.136. The minimum atomic E-state index is 0. The van der Waals surface area contributed by atoms with Gasteiger partial charge >= 0.3 is 0 Å². The van der Waals surface area contributed by atoms with Gasteiger partial charge in [-0.05, 0) is 50.1 Å². The van der Waals surface area contributed by atoms with Crippen LogP contribution in [0.3, 0.4) is 0 Å². The maximum absolute atomic E-state index is 12.5. The minimum absolute atomic E-state index is 0. The van der Waals surface area contributed by atoms with Gasteiger partial charge in [-0.1, -0.05) is 11.6 Å². The molecule has 1 N–H and O–H groups in total. The van der Waals surface area contributed by atoms with Crippen LogP contribution in [0.25, 0.3) is 0 Å². The number of rotatable bonds is 3. The van der Waals surface area contributed by atoms with Gasteiger partial charge in [-0.2, -0.15) is 0 Å². The second-order valence-corrected chi connectivity index (χ2v) is 6.60. The summed E-state index contributed by atoms with van der Waals surface area (Å²) in [6.07, 6.45) is 2.45. The molecule has 1 atom stereocenters. The molecule has 2 fully saturated rings. The average molecular weight is 357 g/mol. The van der Waals surface area contributed by atoms with Crippen LogP contribution in [-0.2, 0) is 4.79 Å². The third-order valence-corrected chi connectivity index (χ3v) is 4.97. The zero-order valence-corrected chi connectivity index (χ0v) is 14.5. The van der Waals surface area contributed by atoms with Gasteiger partial charge in [-0.15, -0.1) is 12.4 Å². The summed E-state index contributed by atoms with van der Waals surface area (Å²) in [6.45, 7) is 3.11. The van der Waals surface area contributed by atoms with Gasteiger partial charge < -0.3 is 10.2 Å². The van der Waals surface area contributed by atoms with Gasteiger partial charge in [0.2, 0.25) is 5.91 Å². The van der Waals surface area contributed by atoms with Crippen molar-refractivity contribution in [2.24, 2.45) is 11.8 Å². The third-order valence-electron chi connectivity index (χ3n) is 4.72. The zero-order valence-electron chi connectivity index (χ0n) is 13.0. The molecule has 0 radical (unpaired) electrons. The van der Waals surface area contributed by atoms with Gasteiger partial charge in [-0.3, -0.25) is 9.59 Å². The Morgan fingerprint density at radius 3 is 2.26 bits per heavy atom. The highest BCUT2D eigenvalue weighted by atomic mass is 35.5.